The molecule has 1 amide bonds. The summed E-state index contributed by atoms with van der Waals surface area (Å²) in [5.74, 6) is 0.0961. The minimum Gasteiger partial charge on any atom is -0.699 e. The van der Waals surface area contributed by atoms with Gasteiger partial charge in [-0.3, -0.25) is 4.79 Å². The average molecular weight is 550 g/mol. The van der Waals surface area contributed by atoms with Gasteiger partial charge >= 0.3 is 0 Å². The Bertz CT molecular complexity index is 435. The van der Waals surface area contributed by atoms with Crippen molar-refractivity contribution in [2.24, 2.45) is 5.41 Å². The van der Waals surface area contributed by atoms with Crippen LogP contribution < -0.4 is 0 Å². The topological polar surface area (TPSA) is 67.4 Å². The van der Waals surface area contributed by atoms with Gasteiger partial charge in [0.1, 0.15) is 0 Å². The number of hydrogen-bond donors (Lipinski definition) is 0. The standard InChI is InChI=1S/C15H23N3O2.W.Y/c1-15(2,3)14(19)18(4)10-9-17-20-11-12-5-7-13(16)8-6-12;;/h5-8,16H,9-11H2,1-4H3;;/q-2;;. The number of likely N-dealkylation sites (N-methyl/N-ethyl adjacent to an activating group) is 1. The smallest absolute Gasteiger partial charge is 0.227 e. The number of hydrogen-bond acceptors (Lipinski definition) is 2. The van der Waals surface area contributed by atoms with Crippen molar-refractivity contribution < 1.29 is 63.4 Å². The number of nitrogens with one attached hydrogen (secondary N) is 1. The van der Waals surface area contributed by atoms with E-state index in [2.05, 4.69) is 5.48 Å². The van der Waals surface area contributed by atoms with E-state index in [1.165, 1.54) is 0 Å². The molecule has 0 aliphatic rings. The van der Waals surface area contributed by atoms with Crippen LogP contribution in [0.15, 0.2) is 24.3 Å². The van der Waals surface area contributed by atoms with Crippen molar-refractivity contribution in [1.29, 1.82) is 0 Å². The largest absolute Gasteiger partial charge is 0.699 e. The summed E-state index contributed by atoms with van der Waals surface area (Å²) in [6.07, 6.45) is 0. The van der Waals surface area contributed by atoms with E-state index >= 15 is 0 Å². The number of amides is 1. The molecule has 1 aromatic rings. The molecule has 5 nitrogen and oxygen atoms in total. The van der Waals surface area contributed by atoms with E-state index in [9.17, 15) is 4.79 Å². The second kappa shape index (κ2) is 11.7. The number of benzene rings is 1. The van der Waals surface area contributed by atoms with Gasteiger partial charge in [0, 0.05) is 72.8 Å². The van der Waals surface area contributed by atoms with Gasteiger partial charge in [0.15, 0.2) is 0 Å². The Kier molecular flexibility index (Phi) is 13.0. The van der Waals surface area contributed by atoms with Gasteiger partial charge in [0.05, 0.1) is 6.61 Å². The van der Waals surface area contributed by atoms with Crippen LogP contribution in [0.2, 0.25) is 0 Å². The van der Waals surface area contributed by atoms with Crippen molar-refractivity contribution in [3.63, 3.8) is 0 Å². The first-order valence-electron chi connectivity index (χ1n) is 6.65. The van der Waals surface area contributed by atoms with Gasteiger partial charge < -0.3 is 21.0 Å². The maximum absolute atomic E-state index is 11.9. The fourth-order valence-corrected chi connectivity index (χ4v) is 1.65. The van der Waals surface area contributed by atoms with E-state index in [-0.39, 0.29) is 65.1 Å². The van der Waals surface area contributed by atoms with E-state index in [1.807, 2.05) is 32.9 Å². The Morgan fingerprint density at radius 1 is 1.27 bits per heavy atom. The Hall–Kier alpha value is 0.202. The first kappa shape index (κ1) is 24.5. The molecule has 1 radical (unpaired) electrons. The fraction of sp³-hybridized carbons (Fsp3) is 0.533. The third-order valence-corrected chi connectivity index (χ3v) is 2.79. The second-order valence-electron chi connectivity index (χ2n) is 5.80. The molecule has 22 heavy (non-hydrogen) atoms. The Labute approximate surface area is 172 Å². The quantitative estimate of drug-likeness (QED) is 0.401. The van der Waals surface area contributed by atoms with Crippen LogP contribution in [0.3, 0.4) is 0 Å². The molecule has 0 unspecified atom stereocenters. The van der Waals surface area contributed by atoms with Gasteiger partial charge in [0.2, 0.25) is 5.91 Å². The first-order valence-corrected chi connectivity index (χ1v) is 6.65. The van der Waals surface area contributed by atoms with Crippen LogP contribution in [-0.2, 0) is 70.0 Å². The van der Waals surface area contributed by atoms with Crippen LogP contribution in [0.1, 0.15) is 26.3 Å². The molecule has 1 N–H and O–H groups in total. The SMILES string of the molecule is CN(CC[N-]OCc1ccc([NH-])cc1)C(=O)C(C)(C)C.[W].[Y]. The van der Waals surface area contributed by atoms with Crippen molar-refractivity contribution in [3.8, 4) is 0 Å². The maximum atomic E-state index is 11.9. The van der Waals surface area contributed by atoms with Gasteiger partial charge in [-0.15, -0.1) is 12.2 Å². The summed E-state index contributed by atoms with van der Waals surface area (Å²) in [6.45, 7) is 7.08. The summed E-state index contributed by atoms with van der Waals surface area (Å²) in [7, 11) is 1.77. The first-order chi connectivity index (χ1) is 9.30. The number of rotatable bonds is 6. The molecule has 1 aromatic carbocycles. The number of carbonyl (C=O) groups excluding carboxylic acids is 1. The van der Waals surface area contributed by atoms with Crippen LogP contribution in [0.25, 0.3) is 11.2 Å². The third-order valence-electron chi connectivity index (χ3n) is 2.79. The zero-order valence-corrected chi connectivity index (χ0v) is 19.4. The molecule has 0 heterocycles. The summed E-state index contributed by atoms with van der Waals surface area (Å²) < 4.78 is 0. The zero-order chi connectivity index (χ0) is 15.2. The molecule has 121 valence electrons. The molecule has 0 bridgehead atoms. The second-order valence-corrected chi connectivity index (χ2v) is 5.80. The predicted molar refractivity (Wildman–Crippen MR) is 80.5 cm³/mol. The normalized spacial score (nSPS) is 10.4. The molecule has 0 fully saturated rings. The van der Waals surface area contributed by atoms with Gasteiger partial charge in [-0.2, -0.15) is 0 Å². The van der Waals surface area contributed by atoms with E-state index in [4.69, 9.17) is 10.6 Å². The van der Waals surface area contributed by atoms with Gasteiger partial charge in [-0.1, -0.05) is 45.0 Å². The van der Waals surface area contributed by atoms with Crippen LogP contribution in [0, 0.1) is 5.41 Å². The molecule has 0 saturated heterocycles. The third kappa shape index (κ3) is 9.37. The molecular formula is C15H23N3O2WY-2. The molecule has 7 heteroatoms. The Morgan fingerprint density at radius 2 is 1.82 bits per heavy atom. The minimum absolute atomic E-state index is 0. The molecular weight excluding hydrogens is 527 g/mol. The Balaban J connectivity index is 0. The van der Waals surface area contributed by atoms with E-state index in [1.54, 1.807) is 24.1 Å². The average Bonchev–Trinajstić information content (AvgIpc) is 2.38. The van der Waals surface area contributed by atoms with E-state index in [0.29, 0.717) is 25.4 Å². The van der Waals surface area contributed by atoms with Crippen LogP contribution in [-0.4, -0.2) is 30.9 Å². The minimum atomic E-state index is -0.367. The zero-order valence-electron chi connectivity index (χ0n) is 13.6. The van der Waals surface area contributed by atoms with Crippen molar-refractivity contribution >= 4 is 11.6 Å². The van der Waals surface area contributed by atoms with Gasteiger partial charge in [0.25, 0.3) is 0 Å². The number of carbonyl (C=O) groups is 1. The van der Waals surface area contributed by atoms with Gasteiger partial charge in [-0.05, 0) is 5.56 Å². The van der Waals surface area contributed by atoms with Crippen LogP contribution in [0.4, 0.5) is 5.69 Å². The molecule has 0 aromatic heterocycles. The predicted octanol–water partition coefficient (Wildman–Crippen LogP) is 3.68. The van der Waals surface area contributed by atoms with E-state index < -0.39 is 0 Å². The molecule has 0 spiro atoms. The van der Waals surface area contributed by atoms with Crippen molar-refractivity contribution in [2.45, 2.75) is 27.4 Å². The number of hydroxylamine groups is 1. The van der Waals surface area contributed by atoms with Gasteiger partial charge in [-0.25, -0.2) is 0 Å². The van der Waals surface area contributed by atoms with Crippen LogP contribution in [0.5, 0.6) is 0 Å². The summed E-state index contributed by atoms with van der Waals surface area (Å²) in [5, 5.41) is 0. The fourth-order valence-electron chi connectivity index (χ4n) is 1.65. The molecule has 0 saturated carbocycles. The number of nitrogens with zero attached hydrogens (tertiary/aromatic N) is 2. The Morgan fingerprint density at radius 3 is 2.32 bits per heavy atom. The van der Waals surface area contributed by atoms with E-state index in [0.717, 1.165) is 5.56 Å². The molecule has 0 aliphatic heterocycles. The summed E-state index contributed by atoms with van der Waals surface area (Å²) in [6, 6.07) is 7.11. The van der Waals surface area contributed by atoms with Crippen LogP contribution >= 0.6 is 0 Å². The summed E-state index contributed by atoms with van der Waals surface area (Å²) in [4.78, 5) is 18.8. The molecule has 0 aliphatic carbocycles. The maximum Gasteiger partial charge on any atom is 0.227 e. The summed E-state index contributed by atoms with van der Waals surface area (Å²) in [5.41, 5.74) is 12.4. The van der Waals surface area contributed by atoms with Crippen molar-refractivity contribution in [3.05, 3.63) is 41.0 Å². The van der Waals surface area contributed by atoms with Crippen molar-refractivity contribution in [2.75, 3.05) is 20.1 Å². The molecule has 1 rings (SSSR count). The van der Waals surface area contributed by atoms with Crippen molar-refractivity contribution in [1.82, 2.24) is 4.90 Å². The molecule has 0 atom stereocenters. The summed E-state index contributed by atoms with van der Waals surface area (Å²) >= 11 is 0. The monoisotopic (exact) mass is 550 g/mol.